The number of aromatic nitrogens is 5. The molecular formula is C20H22ClN5O2S2. The number of benzene rings is 1. The number of carbonyl (C=O) groups is 1. The van der Waals surface area contributed by atoms with E-state index >= 15 is 0 Å². The maximum atomic E-state index is 12.1. The minimum absolute atomic E-state index is 0.289. The van der Waals surface area contributed by atoms with Crippen molar-refractivity contribution in [1.82, 2.24) is 24.7 Å². The van der Waals surface area contributed by atoms with E-state index in [9.17, 15) is 4.79 Å². The molecule has 7 nitrogen and oxygen atoms in total. The summed E-state index contributed by atoms with van der Waals surface area (Å²) in [5.41, 5.74) is 2.66. The first-order chi connectivity index (χ1) is 14.4. The molecule has 0 saturated heterocycles. The van der Waals surface area contributed by atoms with E-state index in [0.717, 1.165) is 17.1 Å². The van der Waals surface area contributed by atoms with E-state index in [1.54, 1.807) is 19.9 Å². The average molecular weight is 464 g/mol. The van der Waals surface area contributed by atoms with Crippen LogP contribution in [0.3, 0.4) is 0 Å². The predicted molar refractivity (Wildman–Crippen MR) is 119 cm³/mol. The molecule has 0 amide bonds. The molecule has 0 aliphatic heterocycles. The fraction of sp³-hybridized carbons (Fsp3) is 0.350. The van der Waals surface area contributed by atoms with Gasteiger partial charge in [0.15, 0.2) is 10.3 Å². The second kappa shape index (κ2) is 10.3. The highest BCUT2D eigenvalue weighted by Crippen LogP contribution is 2.29. The predicted octanol–water partition coefficient (Wildman–Crippen LogP) is 4.66. The van der Waals surface area contributed by atoms with Gasteiger partial charge in [-0.25, -0.2) is 9.97 Å². The van der Waals surface area contributed by atoms with Crippen LogP contribution in [0.15, 0.2) is 40.6 Å². The lowest BCUT2D eigenvalue weighted by atomic mass is 10.3. The third-order valence-corrected chi connectivity index (χ3v) is 6.06. The number of thioether (sulfide) groups is 2. The monoisotopic (exact) mass is 463 g/mol. The van der Waals surface area contributed by atoms with Crippen molar-refractivity contribution in [2.24, 2.45) is 0 Å². The van der Waals surface area contributed by atoms with Crippen LogP contribution in [0.25, 0.3) is 5.69 Å². The summed E-state index contributed by atoms with van der Waals surface area (Å²) in [5.74, 6) is 0.933. The maximum Gasteiger partial charge on any atom is 0.319 e. The van der Waals surface area contributed by atoms with Gasteiger partial charge in [-0.3, -0.25) is 9.36 Å². The zero-order chi connectivity index (χ0) is 21.7. The summed E-state index contributed by atoms with van der Waals surface area (Å²) in [6, 6.07) is 9.37. The van der Waals surface area contributed by atoms with E-state index in [2.05, 4.69) is 20.2 Å². The first-order valence-corrected chi connectivity index (χ1v) is 11.6. The molecule has 2 aromatic heterocycles. The Labute approximate surface area is 189 Å². The third-order valence-electron chi connectivity index (χ3n) is 3.96. The van der Waals surface area contributed by atoms with E-state index < -0.39 is 5.25 Å². The summed E-state index contributed by atoms with van der Waals surface area (Å²) in [6.07, 6.45) is 0. The molecule has 0 fully saturated rings. The van der Waals surface area contributed by atoms with Gasteiger partial charge in [-0.15, -0.1) is 10.2 Å². The van der Waals surface area contributed by atoms with Crippen LogP contribution < -0.4 is 0 Å². The zero-order valence-corrected chi connectivity index (χ0v) is 19.5. The van der Waals surface area contributed by atoms with Gasteiger partial charge in [-0.05, 0) is 52.0 Å². The van der Waals surface area contributed by atoms with E-state index in [0.29, 0.717) is 33.5 Å². The Balaban J connectivity index is 1.90. The lowest BCUT2D eigenvalue weighted by Gasteiger charge is -2.13. The van der Waals surface area contributed by atoms with Gasteiger partial charge in [0, 0.05) is 16.4 Å². The molecule has 0 N–H and O–H groups in total. The molecule has 0 aliphatic carbocycles. The quantitative estimate of drug-likeness (QED) is 0.271. The maximum absolute atomic E-state index is 12.1. The minimum Gasteiger partial charge on any atom is -0.465 e. The Morgan fingerprint density at radius 2 is 1.93 bits per heavy atom. The summed E-state index contributed by atoms with van der Waals surface area (Å²) in [7, 11) is 0. The van der Waals surface area contributed by atoms with Crippen LogP contribution in [0.4, 0.5) is 0 Å². The zero-order valence-electron chi connectivity index (χ0n) is 17.1. The molecule has 1 unspecified atom stereocenters. The van der Waals surface area contributed by atoms with Gasteiger partial charge < -0.3 is 4.74 Å². The first kappa shape index (κ1) is 22.6. The topological polar surface area (TPSA) is 82.8 Å². The van der Waals surface area contributed by atoms with Crippen LogP contribution >= 0.6 is 35.1 Å². The van der Waals surface area contributed by atoms with Crippen molar-refractivity contribution in [2.75, 3.05) is 6.61 Å². The number of halogens is 1. The highest BCUT2D eigenvalue weighted by Gasteiger charge is 2.22. The Hall–Kier alpha value is -2.10. The number of ether oxygens (including phenoxy) is 1. The van der Waals surface area contributed by atoms with Crippen LogP contribution in [-0.4, -0.2) is 42.6 Å². The number of hydrogen-bond donors (Lipinski definition) is 0. The Kier molecular flexibility index (Phi) is 7.74. The summed E-state index contributed by atoms with van der Waals surface area (Å²) in [4.78, 5) is 21.0. The van der Waals surface area contributed by atoms with Crippen LogP contribution in [0.2, 0.25) is 5.02 Å². The van der Waals surface area contributed by atoms with Gasteiger partial charge in [0.05, 0.1) is 18.0 Å². The first-order valence-electron chi connectivity index (χ1n) is 9.36. The molecule has 30 heavy (non-hydrogen) atoms. The highest BCUT2D eigenvalue weighted by molar-refractivity contribution is 8.00. The second-order valence-electron chi connectivity index (χ2n) is 6.45. The molecule has 2 heterocycles. The Morgan fingerprint density at radius 1 is 1.20 bits per heavy atom. The van der Waals surface area contributed by atoms with Crippen LogP contribution in [0.1, 0.15) is 31.1 Å². The lowest BCUT2D eigenvalue weighted by molar-refractivity contribution is -0.142. The van der Waals surface area contributed by atoms with Crippen molar-refractivity contribution < 1.29 is 9.53 Å². The van der Waals surface area contributed by atoms with Gasteiger partial charge in [0.2, 0.25) is 0 Å². The normalized spacial score (nSPS) is 12.0. The smallest absolute Gasteiger partial charge is 0.319 e. The number of aryl methyl sites for hydroxylation is 2. The molecule has 10 heteroatoms. The summed E-state index contributed by atoms with van der Waals surface area (Å²) in [6.45, 7) is 7.80. The number of hydrogen-bond acceptors (Lipinski definition) is 8. The van der Waals surface area contributed by atoms with Gasteiger partial charge in [0.25, 0.3) is 0 Å². The summed E-state index contributed by atoms with van der Waals surface area (Å²) >= 11 is 8.99. The number of esters is 1. The standard InChI is InChI=1S/C20H22ClN5O2S2/c1-5-28-18(27)14(4)30-20-25-24-17(26(20)16-8-6-7-15(21)10-16)11-29-19-22-12(2)9-13(3)23-19/h6-10,14H,5,11H2,1-4H3. The minimum atomic E-state index is -0.421. The molecule has 0 spiro atoms. The molecule has 1 atom stereocenters. The molecule has 0 aliphatic rings. The van der Waals surface area contributed by atoms with Crippen molar-refractivity contribution in [3.05, 3.63) is 52.6 Å². The molecule has 0 radical (unpaired) electrons. The number of rotatable bonds is 8. The van der Waals surface area contributed by atoms with Gasteiger partial charge in [0.1, 0.15) is 11.1 Å². The van der Waals surface area contributed by atoms with Crippen molar-refractivity contribution >= 4 is 41.1 Å². The Morgan fingerprint density at radius 3 is 2.60 bits per heavy atom. The fourth-order valence-corrected chi connectivity index (χ4v) is 4.63. The van der Waals surface area contributed by atoms with E-state index in [1.165, 1.54) is 23.5 Å². The van der Waals surface area contributed by atoms with Gasteiger partial charge in [-0.1, -0.05) is 41.2 Å². The van der Waals surface area contributed by atoms with E-state index in [4.69, 9.17) is 16.3 Å². The molecular weight excluding hydrogens is 442 g/mol. The van der Waals surface area contributed by atoms with Crippen LogP contribution in [0.5, 0.6) is 0 Å². The summed E-state index contributed by atoms with van der Waals surface area (Å²) < 4.78 is 7.02. The molecule has 3 aromatic rings. The largest absolute Gasteiger partial charge is 0.465 e. The van der Waals surface area contributed by atoms with Gasteiger partial charge >= 0.3 is 5.97 Å². The lowest BCUT2D eigenvalue weighted by Crippen LogP contribution is -2.17. The Bertz CT molecular complexity index is 1020. The van der Waals surface area contributed by atoms with Crippen LogP contribution in [-0.2, 0) is 15.3 Å². The number of nitrogens with zero attached hydrogens (tertiary/aromatic N) is 5. The molecule has 0 saturated carbocycles. The molecule has 1 aromatic carbocycles. The molecule has 3 rings (SSSR count). The highest BCUT2D eigenvalue weighted by atomic mass is 35.5. The van der Waals surface area contributed by atoms with Crippen molar-refractivity contribution in [3.63, 3.8) is 0 Å². The van der Waals surface area contributed by atoms with Gasteiger partial charge in [-0.2, -0.15) is 0 Å². The van der Waals surface area contributed by atoms with Crippen molar-refractivity contribution in [3.8, 4) is 5.69 Å². The van der Waals surface area contributed by atoms with Crippen molar-refractivity contribution in [1.29, 1.82) is 0 Å². The van der Waals surface area contributed by atoms with Crippen LogP contribution in [0, 0.1) is 13.8 Å². The second-order valence-corrected chi connectivity index (χ2v) is 9.14. The fourth-order valence-electron chi connectivity index (χ4n) is 2.70. The average Bonchev–Trinajstić information content (AvgIpc) is 3.08. The molecule has 158 valence electrons. The summed E-state index contributed by atoms with van der Waals surface area (Å²) in [5, 5.41) is 10.1. The molecule has 0 bridgehead atoms. The third kappa shape index (κ3) is 5.74. The number of carbonyl (C=O) groups excluding carboxylic acids is 1. The SMILES string of the molecule is CCOC(=O)C(C)Sc1nnc(CSc2nc(C)cc(C)n2)n1-c1cccc(Cl)c1. The van der Waals surface area contributed by atoms with Crippen molar-refractivity contribution in [2.45, 2.75) is 49.0 Å². The van der Waals surface area contributed by atoms with E-state index in [1.807, 2.05) is 42.7 Å². The van der Waals surface area contributed by atoms with E-state index in [-0.39, 0.29) is 5.97 Å².